The van der Waals surface area contributed by atoms with Crippen molar-refractivity contribution in [2.45, 2.75) is 25.2 Å². The maximum Gasteiger partial charge on any atom is 0.325 e. The molecule has 118 valence electrons. The van der Waals surface area contributed by atoms with Gasteiger partial charge in [0.25, 0.3) is 0 Å². The highest BCUT2D eigenvalue weighted by Gasteiger charge is 2.24. The Kier molecular flexibility index (Phi) is 6.21. The van der Waals surface area contributed by atoms with E-state index in [1.165, 1.54) is 0 Å². The van der Waals surface area contributed by atoms with Crippen LogP contribution in [-0.4, -0.2) is 23.5 Å². The van der Waals surface area contributed by atoms with Gasteiger partial charge in [0.1, 0.15) is 11.6 Å². The molecule has 8 heteroatoms. The second-order valence-corrected chi connectivity index (χ2v) is 4.71. The van der Waals surface area contributed by atoms with Gasteiger partial charge in [-0.2, -0.15) is 5.90 Å². The van der Waals surface area contributed by atoms with Gasteiger partial charge >= 0.3 is 5.97 Å². The molecule has 0 saturated heterocycles. The van der Waals surface area contributed by atoms with E-state index < -0.39 is 17.8 Å². The average Bonchev–Trinajstić information content (AvgIpc) is 2.50. The van der Waals surface area contributed by atoms with E-state index in [1.807, 2.05) is 0 Å². The zero-order valence-electron chi connectivity index (χ0n) is 11.9. The van der Waals surface area contributed by atoms with Crippen molar-refractivity contribution in [3.8, 4) is 0 Å². The van der Waals surface area contributed by atoms with Gasteiger partial charge in [-0.1, -0.05) is 24.3 Å². The quantitative estimate of drug-likeness (QED) is 0.292. The Morgan fingerprint density at radius 2 is 1.68 bits per heavy atom. The number of carbonyl (C=O) groups is 3. The van der Waals surface area contributed by atoms with Crippen LogP contribution in [0.1, 0.15) is 36.3 Å². The van der Waals surface area contributed by atoms with E-state index in [0.29, 0.717) is 11.1 Å². The van der Waals surface area contributed by atoms with Gasteiger partial charge in [-0.15, -0.1) is 0 Å². The molecule has 0 fully saturated rings. The van der Waals surface area contributed by atoms with Gasteiger partial charge in [0.05, 0.1) is 12.3 Å². The van der Waals surface area contributed by atoms with Crippen molar-refractivity contribution < 1.29 is 19.2 Å². The molecule has 1 rings (SSSR count). The van der Waals surface area contributed by atoms with Gasteiger partial charge in [0.15, 0.2) is 0 Å². The molecule has 1 aromatic rings. The van der Waals surface area contributed by atoms with Gasteiger partial charge < -0.3 is 16.3 Å². The molecular formula is C14H18N4O4. The zero-order chi connectivity index (χ0) is 16.7. The number of rotatable bonds is 8. The first kappa shape index (κ1) is 17.3. The Hall–Kier alpha value is -2.74. The van der Waals surface area contributed by atoms with E-state index in [-0.39, 0.29) is 30.9 Å². The molecule has 0 saturated carbocycles. The summed E-state index contributed by atoms with van der Waals surface area (Å²) in [5, 5.41) is 7.32. The van der Waals surface area contributed by atoms with Crippen molar-refractivity contribution in [1.29, 1.82) is 5.41 Å². The molecule has 0 spiro atoms. The van der Waals surface area contributed by atoms with E-state index in [9.17, 15) is 14.4 Å². The van der Waals surface area contributed by atoms with Crippen molar-refractivity contribution in [3.05, 3.63) is 35.4 Å². The van der Waals surface area contributed by atoms with Gasteiger partial charge in [-0.25, -0.2) is 0 Å². The molecule has 1 atom stereocenters. The lowest BCUT2D eigenvalue weighted by Crippen LogP contribution is -2.22. The lowest BCUT2D eigenvalue weighted by molar-refractivity contribution is -0.146. The van der Waals surface area contributed by atoms with Crippen molar-refractivity contribution in [2.75, 3.05) is 0 Å². The molecule has 7 N–H and O–H groups in total. The number of hydrogen-bond acceptors (Lipinski definition) is 6. The molecule has 1 amide bonds. The number of amidine groups is 1. The van der Waals surface area contributed by atoms with Crippen molar-refractivity contribution in [1.82, 2.24) is 0 Å². The fourth-order valence-corrected chi connectivity index (χ4v) is 1.95. The van der Waals surface area contributed by atoms with Crippen LogP contribution in [0, 0.1) is 5.41 Å². The van der Waals surface area contributed by atoms with Crippen LogP contribution in [0.5, 0.6) is 0 Å². The highest BCUT2D eigenvalue weighted by molar-refractivity contribution is 5.95. The molecule has 1 aromatic carbocycles. The monoisotopic (exact) mass is 306 g/mol. The van der Waals surface area contributed by atoms with E-state index in [2.05, 4.69) is 4.84 Å². The fraction of sp³-hybridized carbons (Fsp3) is 0.286. The predicted octanol–water partition coefficient (Wildman–Crippen LogP) is -0.304. The lowest BCUT2D eigenvalue weighted by atomic mass is 9.89. The Morgan fingerprint density at radius 1 is 1.09 bits per heavy atom. The molecule has 22 heavy (non-hydrogen) atoms. The second kappa shape index (κ2) is 7.89. The highest BCUT2D eigenvalue weighted by atomic mass is 16.7. The number of primary amides is 1. The summed E-state index contributed by atoms with van der Waals surface area (Å²) in [7, 11) is 0. The van der Waals surface area contributed by atoms with Gasteiger partial charge in [-0.05, 0) is 5.56 Å². The Balaban J connectivity index is 2.97. The molecule has 0 bridgehead atoms. The Bertz CT molecular complexity index is 583. The third kappa shape index (κ3) is 4.98. The summed E-state index contributed by atoms with van der Waals surface area (Å²) in [5.74, 6) is 2.24. The predicted molar refractivity (Wildman–Crippen MR) is 78.5 cm³/mol. The third-order valence-corrected chi connectivity index (χ3v) is 3.13. The van der Waals surface area contributed by atoms with Gasteiger partial charge in [0, 0.05) is 18.4 Å². The average molecular weight is 306 g/mol. The molecule has 1 unspecified atom stereocenters. The van der Waals surface area contributed by atoms with Crippen LogP contribution >= 0.6 is 0 Å². The van der Waals surface area contributed by atoms with Crippen LogP contribution in [-0.2, 0) is 19.2 Å². The minimum absolute atomic E-state index is 0.0771. The normalized spacial score (nSPS) is 11.5. The molecule has 0 aliphatic heterocycles. The zero-order valence-corrected chi connectivity index (χ0v) is 11.9. The number of hydrogen-bond donors (Lipinski definition) is 4. The molecule has 0 aromatic heterocycles. The van der Waals surface area contributed by atoms with Crippen LogP contribution in [0.2, 0.25) is 0 Å². The first-order chi connectivity index (χ1) is 10.3. The summed E-state index contributed by atoms with van der Waals surface area (Å²) in [6.45, 7) is 0. The topological polar surface area (TPSA) is 162 Å². The summed E-state index contributed by atoms with van der Waals surface area (Å²) in [4.78, 5) is 38.4. The maximum absolute atomic E-state index is 12.2. The molecular weight excluding hydrogens is 288 g/mol. The van der Waals surface area contributed by atoms with Crippen LogP contribution in [0.15, 0.2) is 24.3 Å². The van der Waals surface area contributed by atoms with Crippen molar-refractivity contribution in [2.24, 2.45) is 17.4 Å². The number of nitrogen functional groups attached to an aromatic ring is 1. The van der Waals surface area contributed by atoms with Crippen LogP contribution in [0.4, 0.5) is 0 Å². The molecule has 0 aliphatic rings. The van der Waals surface area contributed by atoms with Crippen LogP contribution in [0.25, 0.3) is 0 Å². The Morgan fingerprint density at radius 3 is 2.14 bits per heavy atom. The number of carbonyl (C=O) groups excluding carboxylic acids is 3. The number of nitrogens with one attached hydrogen (secondary N) is 1. The molecule has 0 heterocycles. The standard InChI is InChI=1S/C14H18N4O4/c15-12(20)6-5-11(19)10(7-13(21)22-18)8-1-3-9(4-2-8)14(16)17/h1-4,10H,5-7,18H2,(H2,15,20)(H3,16,17). The summed E-state index contributed by atoms with van der Waals surface area (Å²) < 4.78 is 0. The first-order valence-corrected chi connectivity index (χ1v) is 6.50. The SMILES string of the molecule is N=C(N)c1ccc(C(CC(=O)ON)C(=O)CCC(N)=O)cc1. The second-order valence-electron chi connectivity index (χ2n) is 4.71. The number of nitrogens with two attached hydrogens (primary N) is 3. The first-order valence-electron chi connectivity index (χ1n) is 6.50. The van der Waals surface area contributed by atoms with Crippen LogP contribution in [0.3, 0.4) is 0 Å². The summed E-state index contributed by atoms with van der Waals surface area (Å²) in [5.41, 5.74) is 11.4. The lowest BCUT2D eigenvalue weighted by Gasteiger charge is -2.15. The highest BCUT2D eigenvalue weighted by Crippen LogP contribution is 2.24. The minimum atomic E-state index is -0.795. The van der Waals surface area contributed by atoms with E-state index in [1.54, 1.807) is 24.3 Å². The fourth-order valence-electron chi connectivity index (χ4n) is 1.95. The van der Waals surface area contributed by atoms with Crippen molar-refractivity contribution >= 4 is 23.5 Å². The smallest absolute Gasteiger partial charge is 0.325 e. The van der Waals surface area contributed by atoms with Gasteiger partial charge in [-0.3, -0.25) is 19.8 Å². The minimum Gasteiger partial charge on any atom is -0.384 e. The van der Waals surface area contributed by atoms with E-state index >= 15 is 0 Å². The molecule has 0 aliphatic carbocycles. The van der Waals surface area contributed by atoms with Crippen LogP contribution < -0.4 is 17.4 Å². The summed E-state index contributed by atoms with van der Waals surface area (Å²) in [6.07, 6.45) is -0.418. The summed E-state index contributed by atoms with van der Waals surface area (Å²) in [6, 6.07) is 6.32. The number of benzene rings is 1. The van der Waals surface area contributed by atoms with Gasteiger partial charge in [0.2, 0.25) is 5.91 Å². The molecule has 8 nitrogen and oxygen atoms in total. The largest absolute Gasteiger partial charge is 0.384 e. The maximum atomic E-state index is 12.2. The molecule has 0 radical (unpaired) electrons. The van der Waals surface area contributed by atoms with Crippen molar-refractivity contribution in [3.63, 3.8) is 0 Å². The third-order valence-electron chi connectivity index (χ3n) is 3.13. The number of ketones is 1. The Labute approximate surface area is 127 Å². The summed E-state index contributed by atoms with van der Waals surface area (Å²) >= 11 is 0. The number of amides is 1. The number of Topliss-reactive ketones (excluding diaryl/α,β-unsaturated/α-hetero) is 1. The van der Waals surface area contributed by atoms with E-state index in [4.69, 9.17) is 22.8 Å². The van der Waals surface area contributed by atoms with E-state index in [0.717, 1.165) is 0 Å².